The number of hydrogen-bond donors (Lipinski definition) is 1. The summed E-state index contributed by atoms with van der Waals surface area (Å²) < 4.78 is 2.11. The Morgan fingerprint density at radius 1 is 1.12 bits per heavy atom. The van der Waals surface area contributed by atoms with Crippen LogP contribution in [0.25, 0.3) is 11.4 Å². The van der Waals surface area contributed by atoms with Crippen LogP contribution in [0.4, 0.5) is 0 Å². The molecule has 1 amide bonds. The molecule has 0 bridgehead atoms. The molecule has 1 aromatic carbocycles. The highest BCUT2D eigenvalue weighted by molar-refractivity contribution is 5.76. The molecular formula is C20H22N4O. The maximum absolute atomic E-state index is 12.0. The smallest absolute Gasteiger partial charge is 0.220 e. The number of nitrogens with zero attached hydrogens (tertiary/aromatic N) is 3. The maximum atomic E-state index is 12.0. The van der Waals surface area contributed by atoms with Crippen LogP contribution in [0.1, 0.15) is 17.7 Å². The molecule has 25 heavy (non-hydrogen) atoms. The molecule has 0 unspecified atom stereocenters. The molecule has 5 heteroatoms. The molecule has 0 spiro atoms. The monoisotopic (exact) mass is 334 g/mol. The summed E-state index contributed by atoms with van der Waals surface area (Å²) in [6.45, 7) is 3.29. The van der Waals surface area contributed by atoms with Crippen molar-refractivity contribution in [2.24, 2.45) is 0 Å². The third-order valence-electron chi connectivity index (χ3n) is 4.12. The molecule has 0 saturated carbocycles. The van der Waals surface area contributed by atoms with Crippen LogP contribution in [-0.4, -0.2) is 27.0 Å². The number of rotatable bonds is 7. The standard InChI is InChI=1S/C20H22N4O/c1-16-14-23-20(18-8-5-11-21-15-18)24(16)13-12-22-19(25)10-9-17-6-3-2-4-7-17/h2-8,11,14-15H,9-10,12-13H2,1H3,(H,22,25). The molecule has 5 nitrogen and oxygen atoms in total. The zero-order valence-electron chi connectivity index (χ0n) is 14.4. The zero-order valence-corrected chi connectivity index (χ0v) is 14.4. The van der Waals surface area contributed by atoms with Crippen LogP contribution < -0.4 is 5.32 Å². The van der Waals surface area contributed by atoms with Crippen molar-refractivity contribution < 1.29 is 4.79 Å². The molecule has 3 aromatic rings. The summed E-state index contributed by atoms with van der Waals surface area (Å²) in [4.78, 5) is 20.7. The number of carbonyl (C=O) groups is 1. The summed E-state index contributed by atoms with van der Waals surface area (Å²) in [5.41, 5.74) is 3.23. The van der Waals surface area contributed by atoms with Crippen LogP contribution in [0.5, 0.6) is 0 Å². The largest absolute Gasteiger partial charge is 0.354 e. The normalized spacial score (nSPS) is 10.6. The fourth-order valence-corrected chi connectivity index (χ4v) is 2.77. The van der Waals surface area contributed by atoms with Gasteiger partial charge in [0.05, 0.1) is 0 Å². The molecule has 0 atom stereocenters. The lowest BCUT2D eigenvalue weighted by Gasteiger charge is -2.11. The first-order chi connectivity index (χ1) is 12.2. The van der Waals surface area contributed by atoms with Crippen molar-refractivity contribution in [2.75, 3.05) is 6.54 Å². The van der Waals surface area contributed by atoms with E-state index in [-0.39, 0.29) is 5.91 Å². The van der Waals surface area contributed by atoms with E-state index in [0.29, 0.717) is 19.5 Å². The minimum absolute atomic E-state index is 0.0737. The van der Waals surface area contributed by atoms with Crippen LogP contribution >= 0.6 is 0 Å². The molecule has 2 heterocycles. The van der Waals surface area contributed by atoms with Gasteiger partial charge in [-0.15, -0.1) is 0 Å². The number of carbonyl (C=O) groups excluding carboxylic acids is 1. The van der Waals surface area contributed by atoms with Crippen molar-refractivity contribution >= 4 is 5.91 Å². The van der Waals surface area contributed by atoms with E-state index < -0.39 is 0 Å². The van der Waals surface area contributed by atoms with Gasteiger partial charge in [0.25, 0.3) is 0 Å². The van der Waals surface area contributed by atoms with E-state index >= 15 is 0 Å². The number of pyridine rings is 1. The quantitative estimate of drug-likeness (QED) is 0.722. The Hall–Kier alpha value is -2.95. The van der Waals surface area contributed by atoms with Crippen molar-refractivity contribution in [3.63, 3.8) is 0 Å². The summed E-state index contributed by atoms with van der Waals surface area (Å²) in [7, 11) is 0. The summed E-state index contributed by atoms with van der Waals surface area (Å²) in [5.74, 6) is 0.952. The average Bonchev–Trinajstić information content (AvgIpc) is 3.02. The fraction of sp³-hybridized carbons (Fsp3) is 0.250. The number of hydrogen-bond acceptors (Lipinski definition) is 3. The Labute approximate surface area is 147 Å². The zero-order chi connectivity index (χ0) is 17.5. The van der Waals surface area contributed by atoms with Crippen LogP contribution in [0.15, 0.2) is 61.1 Å². The topological polar surface area (TPSA) is 59.8 Å². The Morgan fingerprint density at radius 3 is 2.72 bits per heavy atom. The van der Waals surface area contributed by atoms with E-state index in [1.165, 1.54) is 5.56 Å². The summed E-state index contributed by atoms with van der Waals surface area (Å²) in [6.07, 6.45) is 6.66. The van der Waals surface area contributed by atoms with E-state index in [2.05, 4.69) is 19.9 Å². The van der Waals surface area contributed by atoms with Gasteiger partial charge in [-0.1, -0.05) is 30.3 Å². The molecular weight excluding hydrogens is 312 g/mol. The molecule has 1 N–H and O–H groups in total. The van der Waals surface area contributed by atoms with Crippen LogP contribution in [0.2, 0.25) is 0 Å². The van der Waals surface area contributed by atoms with E-state index in [9.17, 15) is 4.79 Å². The number of aromatic nitrogens is 3. The van der Waals surface area contributed by atoms with Crippen molar-refractivity contribution in [3.05, 3.63) is 72.3 Å². The third kappa shape index (κ3) is 4.53. The second-order valence-electron chi connectivity index (χ2n) is 5.95. The van der Waals surface area contributed by atoms with Crippen molar-refractivity contribution in [1.29, 1.82) is 0 Å². The van der Waals surface area contributed by atoms with Gasteiger partial charge >= 0.3 is 0 Å². The van der Waals surface area contributed by atoms with Gasteiger partial charge in [0.2, 0.25) is 5.91 Å². The molecule has 0 radical (unpaired) electrons. The maximum Gasteiger partial charge on any atom is 0.220 e. The van der Waals surface area contributed by atoms with Crippen LogP contribution in [0, 0.1) is 6.92 Å². The molecule has 0 aliphatic rings. The first-order valence-corrected chi connectivity index (χ1v) is 8.47. The van der Waals surface area contributed by atoms with Crippen LogP contribution in [0.3, 0.4) is 0 Å². The SMILES string of the molecule is Cc1cnc(-c2cccnc2)n1CCNC(=O)CCc1ccccc1. The van der Waals surface area contributed by atoms with Gasteiger partial charge in [-0.2, -0.15) is 0 Å². The highest BCUT2D eigenvalue weighted by Crippen LogP contribution is 2.17. The first-order valence-electron chi connectivity index (χ1n) is 8.47. The summed E-state index contributed by atoms with van der Waals surface area (Å²) in [6, 6.07) is 13.9. The predicted octanol–water partition coefficient (Wildman–Crippen LogP) is 3.00. The van der Waals surface area contributed by atoms with Crippen molar-refractivity contribution in [1.82, 2.24) is 19.9 Å². The highest BCUT2D eigenvalue weighted by Gasteiger charge is 2.09. The molecule has 0 fully saturated rings. The third-order valence-corrected chi connectivity index (χ3v) is 4.12. The van der Waals surface area contributed by atoms with Gasteiger partial charge < -0.3 is 9.88 Å². The lowest BCUT2D eigenvalue weighted by molar-refractivity contribution is -0.121. The minimum atomic E-state index is 0.0737. The Kier molecular flexibility index (Phi) is 5.57. The number of amides is 1. The molecule has 2 aromatic heterocycles. The average molecular weight is 334 g/mol. The Morgan fingerprint density at radius 2 is 1.96 bits per heavy atom. The molecule has 3 rings (SSSR count). The lowest BCUT2D eigenvalue weighted by atomic mass is 10.1. The van der Waals surface area contributed by atoms with E-state index in [4.69, 9.17) is 0 Å². The first kappa shape index (κ1) is 16.9. The van der Waals surface area contributed by atoms with Gasteiger partial charge in [0.15, 0.2) is 0 Å². The Balaban J connectivity index is 1.52. The van der Waals surface area contributed by atoms with Gasteiger partial charge in [-0.25, -0.2) is 4.98 Å². The highest BCUT2D eigenvalue weighted by atomic mass is 16.1. The number of nitrogens with one attached hydrogen (secondary N) is 1. The molecule has 128 valence electrons. The minimum Gasteiger partial charge on any atom is -0.354 e. The van der Waals surface area contributed by atoms with Crippen molar-refractivity contribution in [3.8, 4) is 11.4 Å². The van der Waals surface area contributed by atoms with Gasteiger partial charge in [0.1, 0.15) is 5.82 Å². The van der Waals surface area contributed by atoms with E-state index in [0.717, 1.165) is 23.5 Å². The molecule has 0 aliphatic carbocycles. The van der Waals surface area contributed by atoms with Crippen LogP contribution in [-0.2, 0) is 17.8 Å². The number of benzene rings is 1. The second kappa shape index (κ2) is 8.24. The summed E-state index contributed by atoms with van der Waals surface area (Å²) >= 11 is 0. The van der Waals surface area contributed by atoms with Gasteiger partial charge in [-0.3, -0.25) is 9.78 Å². The fourth-order valence-electron chi connectivity index (χ4n) is 2.77. The van der Waals surface area contributed by atoms with Gasteiger partial charge in [0, 0.05) is 49.4 Å². The summed E-state index contributed by atoms with van der Waals surface area (Å²) in [5, 5.41) is 2.99. The number of aryl methyl sites for hydroxylation is 2. The van der Waals surface area contributed by atoms with E-state index in [1.54, 1.807) is 12.4 Å². The molecule has 0 aliphatic heterocycles. The number of imidazole rings is 1. The van der Waals surface area contributed by atoms with Crippen molar-refractivity contribution in [2.45, 2.75) is 26.3 Å². The Bertz CT molecular complexity index is 812. The van der Waals surface area contributed by atoms with Gasteiger partial charge in [-0.05, 0) is 31.0 Å². The molecule has 0 saturated heterocycles. The van der Waals surface area contributed by atoms with E-state index in [1.807, 2.05) is 55.6 Å². The second-order valence-corrected chi connectivity index (χ2v) is 5.95. The lowest BCUT2D eigenvalue weighted by Crippen LogP contribution is -2.27. The predicted molar refractivity (Wildman–Crippen MR) is 98.0 cm³/mol.